The molecule has 50 heavy (non-hydrogen) atoms. The minimum Gasteiger partial charge on any atom is -0.393 e. The van der Waals surface area contributed by atoms with Crippen LogP contribution in [0.3, 0.4) is 0 Å². The van der Waals surface area contributed by atoms with Crippen LogP contribution in [0.1, 0.15) is 130 Å². The third-order valence-electron chi connectivity index (χ3n) is 13.7. The van der Waals surface area contributed by atoms with Gasteiger partial charge in [0.1, 0.15) is 17.3 Å². The van der Waals surface area contributed by atoms with Gasteiger partial charge in [0.2, 0.25) is 11.8 Å². The number of hydrogen-bond donors (Lipinski definition) is 5. The van der Waals surface area contributed by atoms with Gasteiger partial charge in [-0.15, -0.1) is 0 Å². The molecule has 0 spiro atoms. The highest BCUT2D eigenvalue weighted by atomic mass is 127. The maximum absolute atomic E-state index is 12.7. The van der Waals surface area contributed by atoms with Crippen LogP contribution in [0.25, 0.3) is 0 Å². The van der Waals surface area contributed by atoms with Crippen molar-refractivity contribution in [2.45, 2.75) is 148 Å². The molecule has 0 unspecified atom stereocenters. The van der Waals surface area contributed by atoms with Gasteiger partial charge < -0.3 is 26.0 Å². The van der Waals surface area contributed by atoms with Gasteiger partial charge >= 0.3 is 0 Å². The third kappa shape index (κ3) is 9.95. The first kappa shape index (κ1) is 41.3. The number of alkyl halides is 1. The Hall–Kier alpha value is -1.44. The van der Waals surface area contributed by atoms with Gasteiger partial charge in [-0.05, 0) is 111 Å². The highest BCUT2D eigenvalue weighted by Crippen LogP contribution is 2.68. The summed E-state index contributed by atoms with van der Waals surface area (Å²) < 4.78 is 0.379. The first-order chi connectivity index (χ1) is 23.7. The second-order valence-electron chi connectivity index (χ2n) is 16.7. The summed E-state index contributed by atoms with van der Waals surface area (Å²) in [5, 5.41) is 39.3. The minimum atomic E-state index is -0.445. The van der Waals surface area contributed by atoms with Crippen LogP contribution in [0.4, 0.5) is 0 Å². The fourth-order valence-corrected chi connectivity index (χ4v) is 11.1. The normalized spacial score (nSPS) is 35.3. The van der Waals surface area contributed by atoms with Gasteiger partial charge in [-0.2, -0.15) is 0 Å². The lowest BCUT2D eigenvalue weighted by Gasteiger charge is -2.63. The Morgan fingerprint density at radius 2 is 1.32 bits per heavy atom. The van der Waals surface area contributed by atoms with Gasteiger partial charge in [-0.1, -0.05) is 43.4 Å². The van der Waals surface area contributed by atoms with E-state index in [1.807, 2.05) is 22.6 Å². The maximum atomic E-state index is 12.7. The van der Waals surface area contributed by atoms with Crippen molar-refractivity contribution >= 4 is 51.8 Å². The lowest BCUT2D eigenvalue weighted by atomic mass is 9.43. The second kappa shape index (κ2) is 18.5. The number of hydrogen-bond acceptors (Lipinski definition) is 8. The Morgan fingerprint density at radius 1 is 0.740 bits per heavy atom. The number of aliphatic hydroxyl groups is 3. The molecule has 4 rings (SSSR count). The van der Waals surface area contributed by atoms with Crippen LogP contribution in [0.5, 0.6) is 0 Å². The fraction of sp³-hybridized carbons (Fsp3) is 0.872. The Bertz CT molecular complexity index is 1210. The smallest absolute Gasteiger partial charge is 0.229 e. The SMILES string of the molecule is C[C@H](CCC(=O)NCCCC(=O)CCC(=O)CCC(=O)CCCNC(=O)CI)[C@H]1CC[C@H]2[C@@H]3[C@H](O)C[C@@H]4C[C@H](O)CC[C@]4(C)[C@H]3C[C@H](O)[C@]12C. The number of amides is 2. The van der Waals surface area contributed by atoms with Gasteiger partial charge in [-0.25, -0.2) is 0 Å². The molecule has 284 valence electrons. The van der Waals surface area contributed by atoms with Crippen molar-refractivity contribution in [1.29, 1.82) is 0 Å². The molecule has 0 aromatic rings. The summed E-state index contributed by atoms with van der Waals surface area (Å²) in [5.74, 6) is 1.28. The van der Waals surface area contributed by atoms with Crippen LogP contribution in [-0.4, -0.2) is 80.3 Å². The Morgan fingerprint density at radius 3 is 1.92 bits per heavy atom. The van der Waals surface area contributed by atoms with Crippen molar-refractivity contribution in [2.24, 2.45) is 46.3 Å². The molecule has 0 heterocycles. The molecule has 4 fully saturated rings. The van der Waals surface area contributed by atoms with E-state index >= 15 is 0 Å². The number of carbonyl (C=O) groups excluding carboxylic acids is 5. The zero-order chi connectivity index (χ0) is 36.6. The average molecular weight is 815 g/mol. The summed E-state index contributed by atoms with van der Waals surface area (Å²) in [6.07, 6.45) is 8.19. The molecule has 0 aromatic heterocycles. The summed E-state index contributed by atoms with van der Waals surface area (Å²) >= 11 is 1.97. The van der Waals surface area contributed by atoms with Crippen LogP contribution in [0, 0.1) is 46.3 Å². The van der Waals surface area contributed by atoms with Gasteiger partial charge in [0.05, 0.1) is 22.7 Å². The van der Waals surface area contributed by atoms with Crippen LogP contribution in [0.2, 0.25) is 0 Å². The van der Waals surface area contributed by atoms with Gasteiger partial charge in [-0.3, -0.25) is 24.0 Å². The van der Waals surface area contributed by atoms with Crippen LogP contribution < -0.4 is 10.6 Å². The van der Waals surface area contributed by atoms with Crippen molar-refractivity contribution in [1.82, 2.24) is 10.6 Å². The molecule has 0 bridgehead atoms. The highest BCUT2D eigenvalue weighted by molar-refractivity contribution is 14.1. The molecule has 5 N–H and O–H groups in total. The molecule has 0 aromatic carbocycles. The highest BCUT2D eigenvalue weighted by Gasteiger charge is 2.65. The monoisotopic (exact) mass is 814 g/mol. The van der Waals surface area contributed by atoms with Crippen molar-refractivity contribution < 1.29 is 39.3 Å². The lowest BCUT2D eigenvalue weighted by molar-refractivity contribution is -0.207. The van der Waals surface area contributed by atoms with Crippen molar-refractivity contribution in [3.05, 3.63) is 0 Å². The quantitative estimate of drug-likeness (QED) is 0.0700. The van der Waals surface area contributed by atoms with E-state index in [9.17, 15) is 39.3 Å². The summed E-state index contributed by atoms with van der Waals surface area (Å²) in [6.45, 7) is 7.64. The summed E-state index contributed by atoms with van der Waals surface area (Å²) in [4.78, 5) is 60.4. The van der Waals surface area contributed by atoms with E-state index in [0.29, 0.717) is 62.0 Å². The number of aliphatic hydroxyl groups excluding tert-OH is 3. The first-order valence-corrected chi connectivity index (χ1v) is 20.9. The molecule has 4 aliphatic rings. The molecule has 2 amide bonds. The predicted octanol–water partition coefficient (Wildman–Crippen LogP) is 4.86. The molecule has 0 aliphatic heterocycles. The minimum absolute atomic E-state index is 0.0152. The molecular weight excluding hydrogens is 751 g/mol. The van der Waals surface area contributed by atoms with Gasteiger partial charge in [0, 0.05) is 58.0 Å². The van der Waals surface area contributed by atoms with Crippen molar-refractivity contribution in [3.63, 3.8) is 0 Å². The van der Waals surface area contributed by atoms with Crippen molar-refractivity contribution in [3.8, 4) is 0 Å². The van der Waals surface area contributed by atoms with Gasteiger partial charge in [0.15, 0.2) is 0 Å². The van der Waals surface area contributed by atoms with E-state index in [-0.39, 0.29) is 101 Å². The number of nitrogens with one attached hydrogen (secondary N) is 2. The number of ketones is 3. The van der Waals surface area contributed by atoms with E-state index in [1.54, 1.807) is 0 Å². The molecule has 11 heteroatoms. The molecule has 4 aliphatic carbocycles. The first-order valence-electron chi connectivity index (χ1n) is 19.4. The second-order valence-corrected chi connectivity index (χ2v) is 17.5. The van der Waals surface area contributed by atoms with E-state index in [0.717, 1.165) is 44.9 Å². The molecule has 4 saturated carbocycles. The molecule has 11 atom stereocenters. The number of carbonyl (C=O) groups is 5. The van der Waals surface area contributed by atoms with Crippen LogP contribution in [-0.2, 0) is 24.0 Å². The average Bonchev–Trinajstić information content (AvgIpc) is 3.45. The predicted molar refractivity (Wildman–Crippen MR) is 199 cm³/mol. The molecule has 10 nitrogen and oxygen atoms in total. The largest absolute Gasteiger partial charge is 0.393 e. The zero-order valence-electron chi connectivity index (χ0n) is 30.6. The zero-order valence-corrected chi connectivity index (χ0v) is 32.8. The molecular formula is C39H63IN2O8. The summed E-state index contributed by atoms with van der Waals surface area (Å²) in [5.41, 5.74) is -0.242. The molecule has 0 saturated heterocycles. The number of Topliss-reactive ketones (excluding diaryl/α,β-unsaturated/α-hetero) is 3. The van der Waals surface area contributed by atoms with Gasteiger partial charge in [0.25, 0.3) is 0 Å². The van der Waals surface area contributed by atoms with E-state index in [4.69, 9.17) is 0 Å². The Kier molecular flexibility index (Phi) is 15.3. The van der Waals surface area contributed by atoms with Crippen molar-refractivity contribution in [2.75, 3.05) is 17.5 Å². The van der Waals surface area contributed by atoms with Crippen LogP contribution >= 0.6 is 22.6 Å². The van der Waals surface area contributed by atoms with Crippen LogP contribution in [0.15, 0.2) is 0 Å². The number of halogens is 1. The van der Waals surface area contributed by atoms with E-state index in [1.165, 1.54) is 0 Å². The topological polar surface area (TPSA) is 170 Å². The maximum Gasteiger partial charge on any atom is 0.229 e. The summed E-state index contributed by atoms with van der Waals surface area (Å²) in [7, 11) is 0. The Labute approximate surface area is 312 Å². The van der Waals surface area contributed by atoms with E-state index in [2.05, 4.69) is 31.4 Å². The number of rotatable bonds is 19. The lowest BCUT2D eigenvalue weighted by Crippen LogP contribution is -2.62. The Balaban J connectivity index is 1.12. The third-order valence-corrected chi connectivity index (χ3v) is 14.4. The standard InChI is InChI=1S/C39H63IN2O8/c1-24(8-15-35(49)41-18-4-6-26(43)9-11-28(45)12-10-27(44)7-5-19-42-36(50)23-40)30-13-14-31-37-32(22-34(48)39(30,31)3)38(2)17-16-29(46)20-25(38)21-33(37)47/h24-25,29-34,37,46-48H,4-23H2,1-3H3,(H,41,49)(H,42,50)/t24-,25+,29-,30-,31+,32+,33-,34+,37+,38+,39-/m1/s1. The number of fused-ring (bicyclic) bond motifs is 5. The fourth-order valence-electron chi connectivity index (χ4n) is 10.8. The van der Waals surface area contributed by atoms with E-state index < -0.39 is 12.2 Å². The summed E-state index contributed by atoms with van der Waals surface area (Å²) in [6, 6.07) is 0. The molecule has 0 radical (unpaired) electrons.